The number of anilines is 1. The first-order chi connectivity index (χ1) is 17.6. The van der Waals surface area contributed by atoms with Crippen molar-refractivity contribution in [2.24, 2.45) is 0 Å². The lowest BCUT2D eigenvalue weighted by molar-refractivity contribution is -0.274. The largest absolute Gasteiger partial charge is 0.573 e. The van der Waals surface area contributed by atoms with E-state index in [-0.39, 0.29) is 39.6 Å². The van der Waals surface area contributed by atoms with E-state index < -0.39 is 35.6 Å². The van der Waals surface area contributed by atoms with Crippen molar-refractivity contribution in [2.45, 2.75) is 12.4 Å². The quantitative estimate of drug-likeness (QED) is 0.272. The number of benzene rings is 3. The molecule has 0 spiro atoms. The summed E-state index contributed by atoms with van der Waals surface area (Å²) < 4.78 is 53.1. The standard InChI is InChI=1S/C26H20F3NO7/c1-35-18-7-4-8-19(36-2)20(18)23(32)21-22(14-9-11-16(31)12-10-14)30(25(34)24(21)33)15-5-3-6-17(13-15)37-26(27,28)29/h3-13,22,31-32H,1-2H3/b23-21+. The fraction of sp³-hybridized carbons (Fsp3) is 0.154. The molecule has 37 heavy (non-hydrogen) atoms. The van der Waals surface area contributed by atoms with Crippen LogP contribution in [0.25, 0.3) is 5.76 Å². The van der Waals surface area contributed by atoms with E-state index in [1.165, 1.54) is 62.8 Å². The molecule has 2 N–H and O–H groups in total. The van der Waals surface area contributed by atoms with Gasteiger partial charge in [0.2, 0.25) is 0 Å². The summed E-state index contributed by atoms with van der Waals surface area (Å²) in [5.74, 6) is -3.23. The van der Waals surface area contributed by atoms with E-state index in [9.17, 15) is 33.0 Å². The molecule has 1 amide bonds. The van der Waals surface area contributed by atoms with Crippen LogP contribution >= 0.6 is 0 Å². The van der Waals surface area contributed by atoms with Crippen LogP contribution in [0, 0.1) is 0 Å². The van der Waals surface area contributed by atoms with Gasteiger partial charge in [-0.2, -0.15) is 0 Å². The molecule has 3 aromatic carbocycles. The second-order valence-electron chi connectivity index (χ2n) is 7.84. The molecule has 4 rings (SSSR count). The van der Waals surface area contributed by atoms with E-state index in [2.05, 4.69) is 4.74 Å². The lowest BCUT2D eigenvalue weighted by Crippen LogP contribution is -2.29. The minimum atomic E-state index is -4.98. The average Bonchev–Trinajstić information content (AvgIpc) is 3.13. The summed E-state index contributed by atoms with van der Waals surface area (Å²) in [6.07, 6.45) is -4.98. The Hall–Kier alpha value is -4.67. The van der Waals surface area contributed by atoms with E-state index in [4.69, 9.17) is 9.47 Å². The SMILES string of the molecule is COc1cccc(OC)c1/C(O)=C1\C(=O)C(=O)N(c2cccc(OC(F)(F)F)c2)C1c1ccc(O)cc1. The predicted molar refractivity (Wildman–Crippen MR) is 126 cm³/mol. The fourth-order valence-corrected chi connectivity index (χ4v) is 4.12. The second kappa shape index (κ2) is 9.76. The normalized spacial score (nSPS) is 17.1. The Morgan fingerprint density at radius 2 is 1.51 bits per heavy atom. The molecule has 1 aliphatic heterocycles. The average molecular weight is 515 g/mol. The molecule has 1 atom stereocenters. The van der Waals surface area contributed by atoms with Gasteiger partial charge in [-0.25, -0.2) is 0 Å². The Morgan fingerprint density at radius 3 is 2.08 bits per heavy atom. The summed E-state index contributed by atoms with van der Waals surface area (Å²) >= 11 is 0. The van der Waals surface area contributed by atoms with Crippen molar-refractivity contribution in [1.82, 2.24) is 0 Å². The second-order valence-corrected chi connectivity index (χ2v) is 7.84. The highest BCUT2D eigenvalue weighted by Crippen LogP contribution is 2.45. The lowest BCUT2D eigenvalue weighted by Gasteiger charge is -2.26. The lowest BCUT2D eigenvalue weighted by atomic mass is 9.94. The number of nitrogens with zero attached hydrogens (tertiary/aromatic N) is 1. The van der Waals surface area contributed by atoms with Crippen LogP contribution in [0.5, 0.6) is 23.0 Å². The topological polar surface area (TPSA) is 106 Å². The number of carbonyl (C=O) groups excluding carboxylic acids is 2. The molecule has 8 nitrogen and oxygen atoms in total. The van der Waals surface area contributed by atoms with E-state index in [1.807, 2.05) is 0 Å². The Morgan fingerprint density at radius 1 is 0.919 bits per heavy atom. The smallest absolute Gasteiger partial charge is 0.508 e. The van der Waals surface area contributed by atoms with Crippen LogP contribution in [0.3, 0.4) is 0 Å². The fourth-order valence-electron chi connectivity index (χ4n) is 4.12. The van der Waals surface area contributed by atoms with E-state index in [1.54, 1.807) is 6.07 Å². The van der Waals surface area contributed by atoms with Gasteiger partial charge in [0.25, 0.3) is 11.7 Å². The van der Waals surface area contributed by atoms with Gasteiger partial charge in [-0.1, -0.05) is 24.3 Å². The van der Waals surface area contributed by atoms with Gasteiger partial charge in [-0.15, -0.1) is 13.2 Å². The van der Waals surface area contributed by atoms with Crippen LogP contribution in [-0.2, 0) is 9.59 Å². The minimum Gasteiger partial charge on any atom is -0.508 e. The first-order valence-corrected chi connectivity index (χ1v) is 10.7. The number of methoxy groups -OCH3 is 2. The number of halogens is 3. The molecule has 1 fully saturated rings. The van der Waals surface area contributed by atoms with Crippen LogP contribution in [0.2, 0.25) is 0 Å². The summed E-state index contributed by atoms with van der Waals surface area (Å²) in [6, 6.07) is 13.3. The van der Waals surface area contributed by atoms with Crippen molar-refractivity contribution in [1.29, 1.82) is 0 Å². The zero-order valence-corrected chi connectivity index (χ0v) is 19.4. The van der Waals surface area contributed by atoms with Crippen molar-refractivity contribution in [3.05, 3.63) is 83.4 Å². The number of Topliss-reactive ketones (excluding diaryl/α,β-unsaturated/α-hetero) is 1. The number of aromatic hydroxyl groups is 1. The van der Waals surface area contributed by atoms with Gasteiger partial charge >= 0.3 is 6.36 Å². The third-order valence-corrected chi connectivity index (χ3v) is 5.65. The zero-order chi connectivity index (χ0) is 26.9. The van der Waals surface area contributed by atoms with Crippen molar-refractivity contribution >= 4 is 23.1 Å². The van der Waals surface area contributed by atoms with Crippen LogP contribution < -0.4 is 19.1 Å². The molecular weight excluding hydrogens is 495 g/mol. The molecular formula is C26H20F3NO7. The molecule has 0 aromatic heterocycles. The predicted octanol–water partition coefficient (Wildman–Crippen LogP) is 4.93. The maximum Gasteiger partial charge on any atom is 0.573 e. The number of alkyl halides is 3. The molecule has 1 aliphatic rings. The molecule has 0 radical (unpaired) electrons. The van der Waals surface area contributed by atoms with Gasteiger partial charge in [0.1, 0.15) is 34.3 Å². The van der Waals surface area contributed by atoms with Crippen LogP contribution in [0.1, 0.15) is 17.2 Å². The molecule has 11 heteroatoms. The summed E-state index contributed by atoms with van der Waals surface area (Å²) in [4.78, 5) is 27.5. The summed E-state index contributed by atoms with van der Waals surface area (Å²) in [5, 5.41) is 21.1. The molecule has 1 heterocycles. The first kappa shape index (κ1) is 25.4. The van der Waals surface area contributed by atoms with E-state index in [0.717, 1.165) is 17.0 Å². The third-order valence-electron chi connectivity index (χ3n) is 5.65. The number of amides is 1. The number of carbonyl (C=O) groups is 2. The van der Waals surface area contributed by atoms with Gasteiger partial charge in [-0.05, 0) is 42.0 Å². The number of phenolic OH excluding ortho intramolecular Hbond substituents is 1. The molecule has 192 valence electrons. The summed E-state index contributed by atoms with van der Waals surface area (Å²) in [7, 11) is 2.68. The van der Waals surface area contributed by atoms with Gasteiger partial charge in [0.15, 0.2) is 0 Å². The number of ketones is 1. The van der Waals surface area contributed by atoms with Crippen LogP contribution in [-0.4, -0.2) is 42.5 Å². The van der Waals surface area contributed by atoms with Crippen LogP contribution in [0.4, 0.5) is 18.9 Å². The van der Waals surface area contributed by atoms with Gasteiger partial charge in [0, 0.05) is 11.8 Å². The Bertz CT molecular complexity index is 1360. The minimum absolute atomic E-state index is 0.00318. The Labute approximate surface area is 208 Å². The molecule has 0 bridgehead atoms. The highest BCUT2D eigenvalue weighted by molar-refractivity contribution is 6.51. The highest BCUT2D eigenvalue weighted by atomic mass is 19.4. The monoisotopic (exact) mass is 515 g/mol. The maximum atomic E-state index is 13.3. The van der Waals surface area contributed by atoms with Gasteiger partial charge in [-0.3, -0.25) is 14.5 Å². The first-order valence-electron chi connectivity index (χ1n) is 10.7. The number of hydrogen-bond donors (Lipinski definition) is 2. The number of phenols is 1. The molecule has 0 saturated carbocycles. The summed E-state index contributed by atoms with van der Waals surface area (Å²) in [6.45, 7) is 0. The molecule has 0 aliphatic carbocycles. The van der Waals surface area contributed by atoms with Gasteiger partial charge in [0.05, 0.1) is 25.8 Å². The number of ether oxygens (including phenoxy) is 3. The number of rotatable bonds is 6. The molecule has 1 saturated heterocycles. The van der Waals surface area contributed by atoms with Crippen molar-refractivity contribution < 1.29 is 47.2 Å². The molecule has 1 unspecified atom stereocenters. The Kier molecular flexibility index (Phi) is 6.71. The Balaban J connectivity index is 1.96. The number of hydrogen-bond acceptors (Lipinski definition) is 7. The highest BCUT2D eigenvalue weighted by Gasteiger charge is 2.47. The van der Waals surface area contributed by atoms with E-state index in [0.29, 0.717) is 0 Å². The van der Waals surface area contributed by atoms with Crippen molar-refractivity contribution in [3.8, 4) is 23.0 Å². The third kappa shape index (κ3) is 4.88. The van der Waals surface area contributed by atoms with Crippen LogP contribution in [0.15, 0.2) is 72.3 Å². The summed E-state index contributed by atoms with van der Waals surface area (Å²) in [5.41, 5.74) is -0.161. The number of aliphatic hydroxyl groups excluding tert-OH is 1. The van der Waals surface area contributed by atoms with E-state index >= 15 is 0 Å². The molecule has 3 aromatic rings. The van der Waals surface area contributed by atoms with Gasteiger partial charge < -0.3 is 24.4 Å². The maximum absolute atomic E-state index is 13.3. The zero-order valence-electron chi connectivity index (χ0n) is 19.4. The van der Waals surface area contributed by atoms with Crippen molar-refractivity contribution in [3.63, 3.8) is 0 Å². The van der Waals surface area contributed by atoms with Crippen molar-refractivity contribution in [2.75, 3.05) is 19.1 Å². The number of aliphatic hydroxyl groups is 1.